The maximum Gasteiger partial charge on any atom is 0.133 e. The standard InChI is InChI=1S/C18H28BrClO/c1-3-5-6-7-8-9-10-17(20)15-11-12-18(16(19)14-15)21-13-4-2/h11-12,14,17H,3-10,13H2,1-2H3. The first-order valence-corrected chi connectivity index (χ1v) is 9.48. The van der Waals surface area contributed by atoms with Crippen LogP contribution in [0.4, 0.5) is 0 Å². The largest absolute Gasteiger partial charge is 0.492 e. The fourth-order valence-corrected chi connectivity index (χ4v) is 3.11. The number of benzene rings is 1. The molecule has 0 heterocycles. The number of rotatable bonds is 11. The molecule has 21 heavy (non-hydrogen) atoms. The van der Waals surface area contributed by atoms with Gasteiger partial charge in [-0.05, 0) is 46.5 Å². The molecule has 1 aromatic carbocycles. The van der Waals surface area contributed by atoms with Crippen molar-refractivity contribution in [3.8, 4) is 5.75 Å². The Morgan fingerprint density at radius 3 is 2.43 bits per heavy atom. The van der Waals surface area contributed by atoms with Crippen LogP contribution in [-0.4, -0.2) is 6.61 Å². The minimum Gasteiger partial charge on any atom is -0.492 e. The number of unbranched alkanes of at least 4 members (excludes halogenated alkanes) is 5. The molecule has 0 radical (unpaired) electrons. The molecule has 0 aromatic heterocycles. The van der Waals surface area contributed by atoms with Gasteiger partial charge in [-0.15, -0.1) is 11.6 Å². The third-order valence-corrected chi connectivity index (χ3v) is 4.68. The van der Waals surface area contributed by atoms with E-state index < -0.39 is 0 Å². The van der Waals surface area contributed by atoms with Gasteiger partial charge in [0.15, 0.2) is 0 Å². The van der Waals surface area contributed by atoms with E-state index >= 15 is 0 Å². The molecule has 0 fully saturated rings. The van der Waals surface area contributed by atoms with Crippen LogP contribution in [0, 0.1) is 0 Å². The number of hydrogen-bond donors (Lipinski definition) is 0. The molecule has 0 saturated heterocycles. The lowest BCUT2D eigenvalue weighted by molar-refractivity contribution is 0.315. The van der Waals surface area contributed by atoms with Gasteiger partial charge in [-0.3, -0.25) is 0 Å². The van der Waals surface area contributed by atoms with Gasteiger partial charge < -0.3 is 4.74 Å². The van der Waals surface area contributed by atoms with Gasteiger partial charge in [-0.25, -0.2) is 0 Å². The van der Waals surface area contributed by atoms with Gasteiger partial charge in [0.2, 0.25) is 0 Å². The summed E-state index contributed by atoms with van der Waals surface area (Å²) in [4.78, 5) is 0. The number of alkyl halides is 1. The first kappa shape index (κ1) is 18.8. The minimum atomic E-state index is 0.104. The maximum atomic E-state index is 6.51. The summed E-state index contributed by atoms with van der Waals surface area (Å²) < 4.78 is 6.67. The second kappa shape index (κ2) is 11.4. The van der Waals surface area contributed by atoms with Crippen molar-refractivity contribution in [2.75, 3.05) is 6.61 Å². The van der Waals surface area contributed by atoms with Crippen LogP contribution >= 0.6 is 27.5 Å². The zero-order valence-corrected chi connectivity index (χ0v) is 15.7. The predicted octanol–water partition coefficient (Wildman–Crippen LogP) is 7.27. The molecule has 0 amide bonds. The van der Waals surface area contributed by atoms with Crippen LogP contribution in [0.15, 0.2) is 22.7 Å². The Bertz CT molecular complexity index is 395. The Labute approximate surface area is 143 Å². The zero-order chi connectivity index (χ0) is 15.5. The topological polar surface area (TPSA) is 9.23 Å². The van der Waals surface area contributed by atoms with Crippen molar-refractivity contribution in [1.29, 1.82) is 0 Å². The Kier molecular flexibility index (Phi) is 10.2. The summed E-state index contributed by atoms with van der Waals surface area (Å²) in [5, 5.41) is 0.104. The molecule has 1 nitrogen and oxygen atoms in total. The smallest absolute Gasteiger partial charge is 0.133 e. The van der Waals surface area contributed by atoms with Crippen LogP contribution in [0.3, 0.4) is 0 Å². The van der Waals surface area contributed by atoms with Crippen molar-refractivity contribution in [2.45, 2.75) is 70.6 Å². The van der Waals surface area contributed by atoms with E-state index in [4.69, 9.17) is 16.3 Å². The lowest BCUT2D eigenvalue weighted by Crippen LogP contribution is -1.97. The van der Waals surface area contributed by atoms with Crippen molar-refractivity contribution >= 4 is 27.5 Å². The SMILES string of the molecule is CCCCCCCCC(Cl)c1ccc(OCCC)c(Br)c1. The molecule has 0 aliphatic carbocycles. The molecule has 0 N–H and O–H groups in total. The van der Waals surface area contributed by atoms with E-state index in [1.807, 2.05) is 6.07 Å². The maximum absolute atomic E-state index is 6.51. The van der Waals surface area contributed by atoms with Crippen LogP contribution in [0.5, 0.6) is 5.75 Å². The van der Waals surface area contributed by atoms with Gasteiger partial charge >= 0.3 is 0 Å². The summed E-state index contributed by atoms with van der Waals surface area (Å²) in [6, 6.07) is 6.20. The Hall–Kier alpha value is -0.210. The van der Waals surface area contributed by atoms with E-state index in [0.29, 0.717) is 0 Å². The van der Waals surface area contributed by atoms with Gasteiger partial charge in [-0.1, -0.05) is 58.4 Å². The Morgan fingerprint density at radius 1 is 1.05 bits per heavy atom. The summed E-state index contributed by atoms with van der Waals surface area (Å²) in [5.74, 6) is 0.907. The highest BCUT2D eigenvalue weighted by Crippen LogP contribution is 2.33. The second-order valence-electron chi connectivity index (χ2n) is 5.56. The normalized spacial score (nSPS) is 12.4. The fraction of sp³-hybridized carbons (Fsp3) is 0.667. The highest BCUT2D eigenvalue weighted by atomic mass is 79.9. The molecule has 1 atom stereocenters. The average Bonchev–Trinajstić information content (AvgIpc) is 2.49. The van der Waals surface area contributed by atoms with E-state index in [0.717, 1.165) is 29.7 Å². The molecule has 1 rings (SSSR count). The third kappa shape index (κ3) is 7.56. The summed E-state index contributed by atoms with van der Waals surface area (Å²) in [7, 11) is 0. The van der Waals surface area contributed by atoms with Crippen LogP contribution in [0.2, 0.25) is 0 Å². The van der Waals surface area contributed by atoms with Crippen molar-refractivity contribution in [3.63, 3.8) is 0 Å². The van der Waals surface area contributed by atoms with Crippen molar-refractivity contribution in [1.82, 2.24) is 0 Å². The van der Waals surface area contributed by atoms with E-state index in [1.165, 1.54) is 44.1 Å². The summed E-state index contributed by atoms with van der Waals surface area (Å²) in [6.45, 7) is 5.11. The molecule has 0 spiro atoms. The molecule has 1 aromatic rings. The lowest BCUT2D eigenvalue weighted by atomic mass is 10.0. The molecule has 0 aliphatic rings. The van der Waals surface area contributed by atoms with E-state index in [-0.39, 0.29) is 5.38 Å². The minimum absolute atomic E-state index is 0.104. The van der Waals surface area contributed by atoms with Crippen LogP contribution < -0.4 is 4.74 Å². The van der Waals surface area contributed by atoms with Gasteiger partial charge in [0, 0.05) is 0 Å². The molecular formula is C18H28BrClO. The monoisotopic (exact) mass is 374 g/mol. The molecule has 0 saturated carbocycles. The average molecular weight is 376 g/mol. The van der Waals surface area contributed by atoms with E-state index in [1.54, 1.807) is 0 Å². The first-order chi connectivity index (χ1) is 10.2. The second-order valence-corrected chi connectivity index (χ2v) is 6.94. The fourth-order valence-electron chi connectivity index (χ4n) is 2.31. The van der Waals surface area contributed by atoms with Crippen molar-refractivity contribution in [3.05, 3.63) is 28.2 Å². The van der Waals surface area contributed by atoms with Gasteiger partial charge in [-0.2, -0.15) is 0 Å². The van der Waals surface area contributed by atoms with Crippen molar-refractivity contribution < 1.29 is 4.74 Å². The quantitative estimate of drug-likeness (QED) is 0.292. The molecule has 1 unspecified atom stereocenters. The zero-order valence-electron chi connectivity index (χ0n) is 13.3. The van der Waals surface area contributed by atoms with E-state index in [2.05, 4.69) is 41.9 Å². The van der Waals surface area contributed by atoms with Crippen LogP contribution in [0.1, 0.15) is 76.2 Å². The molecular weight excluding hydrogens is 348 g/mol. The number of halogens is 2. The van der Waals surface area contributed by atoms with E-state index in [9.17, 15) is 0 Å². The van der Waals surface area contributed by atoms with Gasteiger partial charge in [0.25, 0.3) is 0 Å². The summed E-state index contributed by atoms with van der Waals surface area (Å²) >= 11 is 10.1. The lowest BCUT2D eigenvalue weighted by Gasteiger charge is -2.13. The first-order valence-electron chi connectivity index (χ1n) is 8.25. The molecule has 0 bridgehead atoms. The summed E-state index contributed by atoms with van der Waals surface area (Å²) in [5.41, 5.74) is 1.18. The Balaban J connectivity index is 2.36. The molecule has 3 heteroatoms. The third-order valence-electron chi connectivity index (χ3n) is 3.59. The highest BCUT2D eigenvalue weighted by molar-refractivity contribution is 9.10. The molecule has 120 valence electrons. The highest BCUT2D eigenvalue weighted by Gasteiger charge is 2.10. The van der Waals surface area contributed by atoms with Crippen molar-refractivity contribution in [2.24, 2.45) is 0 Å². The number of ether oxygens (including phenoxy) is 1. The Morgan fingerprint density at radius 2 is 1.76 bits per heavy atom. The van der Waals surface area contributed by atoms with Crippen LogP contribution in [-0.2, 0) is 0 Å². The predicted molar refractivity (Wildman–Crippen MR) is 96.5 cm³/mol. The number of hydrogen-bond acceptors (Lipinski definition) is 1. The molecule has 0 aliphatic heterocycles. The summed E-state index contributed by atoms with van der Waals surface area (Å²) in [6.07, 6.45) is 9.93. The van der Waals surface area contributed by atoms with Gasteiger partial charge in [0.05, 0.1) is 16.5 Å². The van der Waals surface area contributed by atoms with Crippen LogP contribution in [0.25, 0.3) is 0 Å². The van der Waals surface area contributed by atoms with Gasteiger partial charge in [0.1, 0.15) is 5.75 Å².